The molecule has 0 aliphatic rings. The van der Waals surface area contributed by atoms with Crippen molar-refractivity contribution in [2.75, 3.05) is 0 Å². The third-order valence-corrected chi connectivity index (χ3v) is 2.53. The van der Waals surface area contributed by atoms with E-state index in [0.29, 0.717) is 6.42 Å². The van der Waals surface area contributed by atoms with Gasteiger partial charge in [0.25, 0.3) is 0 Å². The molecule has 88 valence electrons. The minimum atomic E-state index is -0.789. The topological polar surface area (TPSA) is 62.2 Å². The third-order valence-electron chi connectivity index (χ3n) is 2.53. The van der Waals surface area contributed by atoms with Gasteiger partial charge in [0, 0.05) is 18.4 Å². The summed E-state index contributed by atoms with van der Waals surface area (Å²) in [7, 11) is 0. The Hall–Kier alpha value is -1.42. The van der Waals surface area contributed by atoms with Crippen LogP contribution in [0.3, 0.4) is 0 Å². The molecule has 1 heterocycles. The van der Waals surface area contributed by atoms with Gasteiger partial charge in [-0.1, -0.05) is 13.3 Å². The smallest absolute Gasteiger partial charge is 0.320 e. The Kier molecular flexibility index (Phi) is 4.92. The molecule has 1 unspecified atom stereocenters. The molecular weight excluding hydrogens is 204 g/mol. The maximum Gasteiger partial charge on any atom is 0.320 e. The van der Waals surface area contributed by atoms with E-state index in [0.717, 1.165) is 12.0 Å². The molecule has 2 atom stereocenters. The minimum absolute atomic E-state index is 0.0237. The minimum Gasteiger partial charge on any atom is -0.480 e. The van der Waals surface area contributed by atoms with Gasteiger partial charge in [-0.25, -0.2) is 0 Å². The summed E-state index contributed by atoms with van der Waals surface area (Å²) in [5.41, 5.74) is 1.05. The summed E-state index contributed by atoms with van der Waals surface area (Å²) >= 11 is 0. The summed E-state index contributed by atoms with van der Waals surface area (Å²) in [4.78, 5) is 14.9. The number of pyridine rings is 1. The summed E-state index contributed by atoms with van der Waals surface area (Å²) in [6.07, 6.45) is 4.92. The van der Waals surface area contributed by atoms with E-state index < -0.39 is 12.0 Å². The highest BCUT2D eigenvalue weighted by Gasteiger charge is 2.18. The van der Waals surface area contributed by atoms with Crippen LogP contribution in [-0.4, -0.2) is 22.1 Å². The molecule has 1 aromatic heterocycles. The molecule has 0 aliphatic carbocycles. The SMILES string of the molecule is CCCC(N[C@H](C)c1ccncc1)C(=O)O. The molecule has 0 fully saturated rings. The fourth-order valence-corrected chi connectivity index (χ4v) is 1.62. The van der Waals surface area contributed by atoms with Gasteiger partial charge in [0.05, 0.1) is 0 Å². The van der Waals surface area contributed by atoms with Gasteiger partial charge < -0.3 is 5.11 Å². The lowest BCUT2D eigenvalue weighted by atomic mass is 10.1. The molecule has 0 aromatic carbocycles. The number of rotatable bonds is 6. The standard InChI is InChI=1S/C12H18N2O2/c1-3-4-11(12(15)16)14-9(2)10-5-7-13-8-6-10/h5-9,11,14H,3-4H2,1-2H3,(H,15,16)/t9-,11?/m1/s1. The van der Waals surface area contributed by atoms with Crippen molar-refractivity contribution in [2.24, 2.45) is 0 Å². The van der Waals surface area contributed by atoms with Gasteiger partial charge in [-0.15, -0.1) is 0 Å². The lowest BCUT2D eigenvalue weighted by Crippen LogP contribution is -2.38. The predicted molar refractivity (Wildman–Crippen MR) is 62.1 cm³/mol. The molecular formula is C12H18N2O2. The highest BCUT2D eigenvalue weighted by atomic mass is 16.4. The summed E-state index contributed by atoms with van der Waals surface area (Å²) in [6.45, 7) is 3.94. The van der Waals surface area contributed by atoms with Crippen LogP contribution in [0.2, 0.25) is 0 Å². The molecule has 0 radical (unpaired) electrons. The molecule has 0 aliphatic heterocycles. The van der Waals surface area contributed by atoms with Gasteiger partial charge in [0.15, 0.2) is 0 Å². The van der Waals surface area contributed by atoms with E-state index in [9.17, 15) is 4.79 Å². The first kappa shape index (κ1) is 12.6. The van der Waals surface area contributed by atoms with Gasteiger partial charge in [0.2, 0.25) is 0 Å². The molecule has 0 bridgehead atoms. The lowest BCUT2D eigenvalue weighted by Gasteiger charge is -2.19. The molecule has 4 nitrogen and oxygen atoms in total. The second kappa shape index (κ2) is 6.23. The van der Waals surface area contributed by atoms with E-state index in [1.54, 1.807) is 12.4 Å². The number of carbonyl (C=O) groups is 1. The van der Waals surface area contributed by atoms with Crippen molar-refractivity contribution in [1.29, 1.82) is 0 Å². The molecule has 0 saturated carbocycles. The summed E-state index contributed by atoms with van der Waals surface area (Å²) in [5.74, 6) is -0.789. The second-order valence-corrected chi connectivity index (χ2v) is 3.85. The Morgan fingerprint density at radius 3 is 2.62 bits per heavy atom. The zero-order valence-electron chi connectivity index (χ0n) is 9.68. The zero-order chi connectivity index (χ0) is 12.0. The first-order valence-corrected chi connectivity index (χ1v) is 5.54. The molecule has 0 saturated heterocycles. The van der Waals surface area contributed by atoms with Crippen LogP contribution in [0.4, 0.5) is 0 Å². The molecule has 0 spiro atoms. The molecule has 0 amide bonds. The van der Waals surface area contributed by atoms with E-state index in [4.69, 9.17) is 5.11 Å². The number of hydrogen-bond donors (Lipinski definition) is 2. The number of aromatic nitrogens is 1. The summed E-state index contributed by atoms with van der Waals surface area (Å²) in [5, 5.41) is 12.1. The second-order valence-electron chi connectivity index (χ2n) is 3.85. The maximum absolute atomic E-state index is 11.0. The largest absolute Gasteiger partial charge is 0.480 e. The number of hydrogen-bond acceptors (Lipinski definition) is 3. The van der Waals surface area contributed by atoms with Crippen molar-refractivity contribution < 1.29 is 9.90 Å². The number of carboxylic acids is 1. The number of carboxylic acid groups (broad SMARTS) is 1. The van der Waals surface area contributed by atoms with Crippen LogP contribution in [-0.2, 0) is 4.79 Å². The first-order chi connectivity index (χ1) is 7.65. The van der Waals surface area contributed by atoms with Crippen molar-refractivity contribution in [3.8, 4) is 0 Å². The Labute approximate surface area is 95.7 Å². The van der Waals surface area contributed by atoms with Crippen LogP contribution in [0.25, 0.3) is 0 Å². The monoisotopic (exact) mass is 222 g/mol. The van der Waals surface area contributed by atoms with Crippen LogP contribution in [0.15, 0.2) is 24.5 Å². The Morgan fingerprint density at radius 1 is 1.50 bits per heavy atom. The fraction of sp³-hybridized carbons (Fsp3) is 0.500. The van der Waals surface area contributed by atoms with Crippen molar-refractivity contribution in [1.82, 2.24) is 10.3 Å². The first-order valence-electron chi connectivity index (χ1n) is 5.54. The van der Waals surface area contributed by atoms with Crippen molar-refractivity contribution in [3.05, 3.63) is 30.1 Å². The van der Waals surface area contributed by atoms with Crippen LogP contribution < -0.4 is 5.32 Å². The average molecular weight is 222 g/mol. The Bertz CT molecular complexity index is 327. The number of nitrogens with one attached hydrogen (secondary N) is 1. The van der Waals surface area contributed by atoms with E-state index in [2.05, 4.69) is 10.3 Å². The molecule has 16 heavy (non-hydrogen) atoms. The zero-order valence-corrected chi connectivity index (χ0v) is 9.68. The van der Waals surface area contributed by atoms with Crippen LogP contribution in [0, 0.1) is 0 Å². The van der Waals surface area contributed by atoms with Crippen LogP contribution in [0.5, 0.6) is 0 Å². The van der Waals surface area contributed by atoms with Gasteiger partial charge in [-0.3, -0.25) is 15.1 Å². The fourth-order valence-electron chi connectivity index (χ4n) is 1.62. The molecule has 2 N–H and O–H groups in total. The summed E-state index contributed by atoms with van der Waals surface area (Å²) < 4.78 is 0. The summed E-state index contributed by atoms with van der Waals surface area (Å²) in [6, 6.07) is 3.33. The predicted octanol–water partition coefficient (Wildman–Crippen LogP) is 1.99. The average Bonchev–Trinajstić information content (AvgIpc) is 2.29. The quantitative estimate of drug-likeness (QED) is 0.772. The van der Waals surface area contributed by atoms with Crippen LogP contribution >= 0.6 is 0 Å². The van der Waals surface area contributed by atoms with Gasteiger partial charge in [0.1, 0.15) is 6.04 Å². The van der Waals surface area contributed by atoms with Crippen molar-refractivity contribution in [3.63, 3.8) is 0 Å². The van der Waals surface area contributed by atoms with E-state index in [-0.39, 0.29) is 6.04 Å². The van der Waals surface area contributed by atoms with Crippen LogP contribution in [0.1, 0.15) is 38.3 Å². The highest BCUT2D eigenvalue weighted by Crippen LogP contribution is 2.12. The normalized spacial score (nSPS) is 14.4. The number of aliphatic carboxylic acids is 1. The lowest BCUT2D eigenvalue weighted by molar-refractivity contribution is -0.139. The van der Waals surface area contributed by atoms with Crippen molar-refractivity contribution >= 4 is 5.97 Å². The Balaban J connectivity index is 2.61. The van der Waals surface area contributed by atoms with E-state index in [1.165, 1.54) is 0 Å². The van der Waals surface area contributed by atoms with Gasteiger partial charge >= 0.3 is 5.97 Å². The molecule has 4 heteroatoms. The van der Waals surface area contributed by atoms with E-state index in [1.807, 2.05) is 26.0 Å². The highest BCUT2D eigenvalue weighted by molar-refractivity contribution is 5.73. The maximum atomic E-state index is 11.0. The van der Waals surface area contributed by atoms with Gasteiger partial charge in [-0.05, 0) is 31.0 Å². The molecule has 1 aromatic rings. The number of nitrogens with zero attached hydrogens (tertiary/aromatic N) is 1. The molecule has 1 rings (SSSR count). The van der Waals surface area contributed by atoms with E-state index >= 15 is 0 Å². The Morgan fingerprint density at radius 2 is 2.12 bits per heavy atom. The van der Waals surface area contributed by atoms with Gasteiger partial charge in [-0.2, -0.15) is 0 Å². The van der Waals surface area contributed by atoms with Crippen molar-refractivity contribution in [2.45, 2.75) is 38.8 Å². The third kappa shape index (κ3) is 3.62.